The van der Waals surface area contributed by atoms with Crippen LogP contribution in [0.5, 0.6) is 11.5 Å². The van der Waals surface area contributed by atoms with Gasteiger partial charge in [0.25, 0.3) is 11.6 Å². The van der Waals surface area contributed by atoms with Gasteiger partial charge in [-0.2, -0.15) is 5.10 Å². The molecule has 8 heteroatoms. The Morgan fingerprint density at radius 3 is 2.38 bits per heavy atom. The van der Waals surface area contributed by atoms with E-state index in [1.807, 2.05) is 0 Å². The van der Waals surface area contributed by atoms with Gasteiger partial charge in [-0.1, -0.05) is 0 Å². The van der Waals surface area contributed by atoms with E-state index in [0.717, 1.165) is 0 Å². The molecular weight excluding hydrogens is 314 g/mol. The van der Waals surface area contributed by atoms with Gasteiger partial charge in [-0.3, -0.25) is 14.9 Å². The van der Waals surface area contributed by atoms with Crippen molar-refractivity contribution in [1.29, 1.82) is 0 Å². The Kier molecular flexibility index (Phi) is 5.45. The first-order valence-electron chi connectivity index (χ1n) is 6.85. The van der Waals surface area contributed by atoms with Crippen LogP contribution >= 0.6 is 0 Å². The van der Waals surface area contributed by atoms with E-state index in [-0.39, 0.29) is 5.69 Å². The number of ether oxygens (including phenoxy) is 2. The van der Waals surface area contributed by atoms with E-state index in [0.29, 0.717) is 22.6 Å². The van der Waals surface area contributed by atoms with E-state index in [1.165, 1.54) is 50.8 Å². The van der Waals surface area contributed by atoms with Crippen LogP contribution in [0, 0.1) is 10.1 Å². The molecule has 0 saturated carbocycles. The average Bonchev–Trinajstić information content (AvgIpc) is 2.61. The first kappa shape index (κ1) is 16.9. The predicted molar refractivity (Wildman–Crippen MR) is 87.7 cm³/mol. The van der Waals surface area contributed by atoms with Gasteiger partial charge in [-0.25, -0.2) is 5.43 Å². The van der Waals surface area contributed by atoms with Crippen LogP contribution in [0.4, 0.5) is 5.69 Å². The molecule has 0 saturated heterocycles. The lowest BCUT2D eigenvalue weighted by molar-refractivity contribution is -0.384. The topological polar surface area (TPSA) is 103 Å². The molecule has 0 atom stereocenters. The minimum Gasteiger partial charge on any atom is -0.493 e. The Labute approximate surface area is 137 Å². The average molecular weight is 329 g/mol. The summed E-state index contributed by atoms with van der Waals surface area (Å²) < 4.78 is 10.2. The number of carbonyl (C=O) groups excluding carboxylic acids is 1. The second-order valence-electron chi connectivity index (χ2n) is 4.62. The number of hydrogen-bond donors (Lipinski definition) is 1. The molecule has 24 heavy (non-hydrogen) atoms. The van der Waals surface area contributed by atoms with Gasteiger partial charge in [0.15, 0.2) is 11.5 Å². The molecule has 0 aliphatic heterocycles. The largest absolute Gasteiger partial charge is 0.493 e. The van der Waals surface area contributed by atoms with Crippen molar-refractivity contribution in [3.05, 3.63) is 63.7 Å². The Hall–Kier alpha value is -3.42. The van der Waals surface area contributed by atoms with Gasteiger partial charge >= 0.3 is 0 Å². The highest BCUT2D eigenvalue weighted by molar-refractivity contribution is 5.95. The maximum Gasteiger partial charge on any atom is 0.271 e. The smallest absolute Gasteiger partial charge is 0.271 e. The Balaban J connectivity index is 2.03. The van der Waals surface area contributed by atoms with Gasteiger partial charge in [0.1, 0.15) is 0 Å². The van der Waals surface area contributed by atoms with E-state index in [9.17, 15) is 14.9 Å². The molecule has 124 valence electrons. The van der Waals surface area contributed by atoms with Crippen LogP contribution in [0.1, 0.15) is 15.9 Å². The number of amides is 1. The monoisotopic (exact) mass is 329 g/mol. The summed E-state index contributed by atoms with van der Waals surface area (Å²) in [7, 11) is 2.98. The third kappa shape index (κ3) is 4.07. The minimum atomic E-state index is -0.486. The summed E-state index contributed by atoms with van der Waals surface area (Å²) in [5.74, 6) is 0.530. The summed E-state index contributed by atoms with van der Waals surface area (Å²) in [5.41, 5.74) is 3.34. The SMILES string of the molecule is COc1ccc(C(=O)N/N=C\c2ccc([N+](=O)[O-])cc2)cc1OC. The number of nitro benzene ring substituents is 1. The second-order valence-corrected chi connectivity index (χ2v) is 4.62. The molecule has 2 aromatic carbocycles. The molecule has 0 aromatic heterocycles. The number of nitro groups is 1. The van der Waals surface area contributed by atoms with Crippen molar-refractivity contribution in [1.82, 2.24) is 5.43 Å². The van der Waals surface area contributed by atoms with Crippen molar-refractivity contribution in [3.63, 3.8) is 0 Å². The number of nitrogens with zero attached hydrogens (tertiary/aromatic N) is 2. The van der Waals surface area contributed by atoms with Crippen LogP contribution in [-0.4, -0.2) is 31.3 Å². The lowest BCUT2D eigenvalue weighted by Crippen LogP contribution is -2.17. The van der Waals surface area contributed by atoms with E-state index in [1.54, 1.807) is 12.1 Å². The fourth-order valence-corrected chi connectivity index (χ4v) is 1.89. The molecule has 0 heterocycles. The highest BCUT2D eigenvalue weighted by Crippen LogP contribution is 2.27. The fourth-order valence-electron chi connectivity index (χ4n) is 1.89. The second kappa shape index (κ2) is 7.73. The number of methoxy groups -OCH3 is 2. The van der Waals surface area contributed by atoms with Gasteiger partial charge in [0.05, 0.1) is 25.4 Å². The number of nitrogens with one attached hydrogen (secondary N) is 1. The van der Waals surface area contributed by atoms with Gasteiger partial charge in [0.2, 0.25) is 0 Å². The van der Waals surface area contributed by atoms with Crippen molar-refractivity contribution in [2.24, 2.45) is 5.10 Å². The third-order valence-electron chi connectivity index (χ3n) is 3.13. The molecule has 0 radical (unpaired) electrons. The van der Waals surface area contributed by atoms with Crippen molar-refractivity contribution in [2.45, 2.75) is 0 Å². The lowest BCUT2D eigenvalue weighted by atomic mass is 10.2. The maximum atomic E-state index is 12.0. The molecule has 0 spiro atoms. The maximum absolute atomic E-state index is 12.0. The molecule has 8 nitrogen and oxygen atoms in total. The molecular formula is C16H15N3O5. The van der Waals surface area contributed by atoms with Crippen LogP contribution in [0.2, 0.25) is 0 Å². The van der Waals surface area contributed by atoms with Crippen LogP contribution in [-0.2, 0) is 0 Å². The highest BCUT2D eigenvalue weighted by Gasteiger charge is 2.10. The number of carbonyl (C=O) groups is 1. The normalized spacial score (nSPS) is 10.4. The van der Waals surface area contributed by atoms with Gasteiger partial charge in [-0.15, -0.1) is 0 Å². The zero-order valence-electron chi connectivity index (χ0n) is 13.1. The molecule has 1 N–H and O–H groups in total. The highest BCUT2D eigenvalue weighted by atomic mass is 16.6. The lowest BCUT2D eigenvalue weighted by Gasteiger charge is -2.08. The van der Waals surface area contributed by atoms with Crippen LogP contribution < -0.4 is 14.9 Å². The zero-order chi connectivity index (χ0) is 17.5. The Bertz CT molecular complexity index is 772. The standard InChI is InChI=1S/C16H15N3O5/c1-23-14-8-5-12(9-15(14)24-2)16(20)18-17-10-11-3-6-13(7-4-11)19(21)22/h3-10H,1-2H3,(H,18,20)/b17-10-. The molecule has 0 unspecified atom stereocenters. The molecule has 2 rings (SSSR count). The molecule has 0 fully saturated rings. The van der Waals surface area contributed by atoms with Crippen LogP contribution in [0.15, 0.2) is 47.6 Å². The van der Waals surface area contributed by atoms with Crippen molar-refractivity contribution in [2.75, 3.05) is 14.2 Å². The summed E-state index contributed by atoms with van der Waals surface area (Å²) >= 11 is 0. The number of non-ortho nitro benzene ring substituents is 1. The van der Waals surface area contributed by atoms with Gasteiger partial charge in [-0.05, 0) is 35.9 Å². The summed E-state index contributed by atoms with van der Waals surface area (Å²) in [6, 6.07) is 10.5. The molecule has 1 amide bonds. The van der Waals surface area contributed by atoms with Crippen molar-refractivity contribution < 1.29 is 19.2 Å². The Morgan fingerprint density at radius 2 is 1.79 bits per heavy atom. The number of benzene rings is 2. The predicted octanol–water partition coefficient (Wildman–Crippen LogP) is 2.38. The van der Waals surface area contributed by atoms with E-state index < -0.39 is 10.8 Å². The molecule has 0 aliphatic carbocycles. The first-order chi connectivity index (χ1) is 11.5. The van der Waals surface area contributed by atoms with Crippen molar-refractivity contribution >= 4 is 17.8 Å². The summed E-state index contributed by atoms with van der Waals surface area (Å²) in [6.45, 7) is 0. The summed E-state index contributed by atoms with van der Waals surface area (Å²) in [5, 5.41) is 14.4. The fraction of sp³-hybridized carbons (Fsp3) is 0.125. The number of hydrogen-bond acceptors (Lipinski definition) is 6. The van der Waals surface area contributed by atoms with Crippen LogP contribution in [0.25, 0.3) is 0 Å². The molecule has 0 aliphatic rings. The third-order valence-corrected chi connectivity index (χ3v) is 3.13. The molecule has 0 bridgehead atoms. The Morgan fingerprint density at radius 1 is 1.12 bits per heavy atom. The number of hydrazone groups is 1. The quantitative estimate of drug-likeness (QED) is 0.498. The van der Waals surface area contributed by atoms with Gasteiger partial charge in [0, 0.05) is 17.7 Å². The van der Waals surface area contributed by atoms with E-state index >= 15 is 0 Å². The first-order valence-corrected chi connectivity index (χ1v) is 6.85. The van der Waals surface area contributed by atoms with Gasteiger partial charge < -0.3 is 9.47 Å². The van der Waals surface area contributed by atoms with Crippen LogP contribution in [0.3, 0.4) is 0 Å². The number of rotatable bonds is 6. The molecule has 2 aromatic rings. The van der Waals surface area contributed by atoms with E-state index in [4.69, 9.17) is 9.47 Å². The minimum absolute atomic E-state index is 0.0125. The zero-order valence-corrected chi connectivity index (χ0v) is 13.1. The van der Waals surface area contributed by atoms with E-state index in [2.05, 4.69) is 10.5 Å². The summed E-state index contributed by atoms with van der Waals surface area (Å²) in [6.07, 6.45) is 1.39. The summed E-state index contributed by atoms with van der Waals surface area (Å²) in [4.78, 5) is 22.1. The van der Waals surface area contributed by atoms with Crippen molar-refractivity contribution in [3.8, 4) is 11.5 Å².